The van der Waals surface area contributed by atoms with Crippen molar-refractivity contribution >= 4 is 5.69 Å². The lowest BCUT2D eigenvalue weighted by atomic mass is 9.97. The van der Waals surface area contributed by atoms with Gasteiger partial charge in [-0.15, -0.1) is 0 Å². The van der Waals surface area contributed by atoms with Crippen molar-refractivity contribution in [3.63, 3.8) is 0 Å². The van der Waals surface area contributed by atoms with Crippen molar-refractivity contribution in [2.24, 2.45) is 0 Å². The van der Waals surface area contributed by atoms with E-state index in [1.807, 2.05) is 18.2 Å². The van der Waals surface area contributed by atoms with Crippen LogP contribution in [0.4, 0.5) is 5.69 Å². The molecule has 0 bridgehead atoms. The standard InChI is InChI=1S/C18H21NO/c1-13-7-8-14(2)15(11-13)12-19-10-9-18(20)16-5-3-4-6-17(16)19/h3-8,11,18,20H,9-10,12H2,1-2H3. The molecular weight excluding hydrogens is 246 g/mol. The number of benzene rings is 2. The summed E-state index contributed by atoms with van der Waals surface area (Å²) in [5.41, 5.74) is 6.24. The number of fused-ring (bicyclic) bond motifs is 1. The van der Waals surface area contributed by atoms with Crippen LogP contribution >= 0.6 is 0 Å². The predicted octanol–water partition coefficient (Wildman–Crippen LogP) is 3.75. The van der Waals surface area contributed by atoms with Crippen molar-refractivity contribution < 1.29 is 5.11 Å². The van der Waals surface area contributed by atoms with Crippen LogP contribution in [0.25, 0.3) is 0 Å². The maximum Gasteiger partial charge on any atom is 0.0826 e. The van der Waals surface area contributed by atoms with Crippen LogP contribution in [0.1, 0.15) is 34.8 Å². The van der Waals surface area contributed by atoms with Gasteiger partial charge in [0.2, 0.25) is 0 Å². The van der Waals surface area contributed by atoms with Crippen LogP contribution in [-0.4, -0.2) is 11.7 Å². The highest BCUT2D eigenvalue weighted by atomic mass is 16.3. The number of aliphatic hydroxyl groups excluding tert-OH is 1. The van der Waals surface area contributed by atoms with Crippen molar-refractivity contribution in [2.45, 2.75) is 32.9 Å². The van der Waals surface area contributed by atoms with Crippen LogP contribution in [0.15, 0.2) is 42.5 Å². The molecule has 2 nitrogen and oxygen atoms in total. The lowest BCUT2D eigenvalue weighted by molar-refractivity contribution is 0.164. The van der Waals surface area contributed by atoms with E-state index in [0.717, 1.165) is 25.1 Å². The fraction of sp³-hybridized carbons (Fsp3) is 0.333. The highest BCUT2D eigenvalue weighted by Gasteiger charge is 2.23. The van der Waals surface area contributed by atoms with Crippen LogP contribution < -0.4 is 4.90 Å². The molecule has 1 aliphatic rings. The third-order valence-corrected chi connectivity index (χ3v) is 4.17. The third kappa shape index (κ3) is 2.44. The zero-order chi connectivity index (χ0) is 14.1. The zero-order valence-corrected chi connectivity index (χ0v) is 12.1. The van der Waals surface area contributed by atoms with E-state index in [0.29, 0.717) is 0 Å². The van der Waals surface area contributed by atoms with Gasteiger partial charge in [-0.05, 0) is 37.5 Å². The van der Waals surface area contributed by atoms with Gasteiger partial charge in [0.05, 0.1) is 6.10 Å². The van der Waals surface area contributed by atoms with E-state index in [4.69, 9.17) is 0 Å². The molecule has 0 spiro atoms. The third-order valence-electron chi connectivity index (χ3n) is 4.17. The molecule has 2 aromatic rings. The maximum atomic E-state index is 10.1. The first kappa shape index (κ1) is 13.2. The van der Waals surface area contributed by atoms with Gasteiger partial charge in [-0.3, -0.25) is 0 Å². The summed E-state index contributed by atoms with van der Waals surface area (Å²) in [5, 5.41) is 10.1. The largest absolute Gasteiger partial charge is 0.388 e. The van der Waals surface area contributed by atoms with E-state index in [1.54, 1.807) is 0 Å². The number of hydrogen-bond donors (Lipinski definition) is 1. The average Bonchev–Trinajstić information content (AvgIpc) is 2.46. The van der Waals surface area contributed by atoms with Crippen molar-refractivity contribution in [2.75, 3.05) is 11.4 Å². The van der Waals surface area contributed by atoms with Gasteiger partial charge >= 0.3 is 0 Å². The number of hydrogen-bond acceptors (Lipinski definition) is 2. The molecule has 0 aliphatic carbocycles. The summed E-state index contributed by atoms with van der Waals surface area (Å²) in [6, 6.07) is 14.8. The first-order chi connectivity index (χ1) is 9.65. The Bertz CT molecular complexity index is 621. The van der Waals surface area contributed by atoms with E-state index in [2.05, 4.69) is 43.0 Å². The van der Waals surface area contributed by atoms with E-state index in [1.165, 1.54) is 22.4 Å². The SMILES string of the molecule is Cc1ccc(C)c(CN2CCC(O)c3ccccc32)c1. The highest BCUT2D eigenvalue weighted by molar-refractivity contribution is 5.57. The van der Waals surface area contributed by atoms with Crippen molar-refractivity contribution in [3.05, 3.63) is 64.7 Å². The van der Waals surface area contributed by atoms with Crippen LogP contribution in [0, 0.1) is 13.8 Å². The number of anilines is 1. The molecule has 1 N–H and O–H groups in total. The second-order valence-electron chi connectivity index (χ2n) is 5.71. The maximum absolute atomic E-state index is 10.1. The number of aryl methyl sites for hydroxylation is 2. The van der Waals surface area contributed by atoms with Gasteiger partial charge in [-0.1, -0.05) is 42.0 Å². The normalized spacial score (nSPS) is 17.9. The number of aliphatic hydroxyl groups is 1. The predicted molar refractivity (Wildman–Crippen MR) is 83.0 cm³/mol. The van der Waals surface area contributed by atoms with Crippen LogP contribution in [-0.2, 0) is 6.54 Å². The lowest BCUT2D eigenvalue weighted by Crippen LogP contribution is -2.30. The molecular formula is C18H21NO. The second-order valence-corrected chi connectivity index (χ2v) is 5.71. The second kappa shape index (κ2) is 5.29. The molecule has 1 unspecified atom stereocenters. The molecule has 2 aromatic carbocycles. The minimum absolute atomic E-state index is 0.318. The molecule has 1 atom stereocenters. The molecule has 20 heavy (non-hydrogen) atoms. The number of rotatable bonds is 2. The molecule has 0 fully saturated rings. The first-order valence-electron chi connectivity index (χ1n) is 7.23. The number of nitrogens with zero attached hydrogens (tertiary/aromatic N) is 1. The summed E-state index contributed by atoms with van der Waals surface area (Å²) >= 11 is 0. The highest BCUT2D eigenvalue weighted by Crippen LogP contribution is 2.34. The Morgan fingerprint density at radius 2 is 1.95 bits per heavy atom. The summed E-state index contributed by atoms with van der Waals surface area (Å²) in [6.45, 7) is 6.12. The summed E-state index contributed by atoms with van der Waals surface area (Å²) in [4.78, 5) is 2.38. The molecule has 1 aliphatic heterocycles. The van der Waals surface area contributed by atoms with E-state index in [-0.39, 0.29) is 6.10 Å². The van der Waals surface area contributed by atoms with E-state index < -0.39 is 0 Å². The quantitative estimate of drug-likeness (QED) is 0.896. The van der Waals surface area contributed by atoms with E-state index >= 15 is 0 Å². The van der Waals surface area contributed by atoms with Crippen LogP contribution in [0.3, 0.4) is 0 Å². The van der Waals surface area contributed by atoms with Gasteiger partial charge in [0.25, 0.3) is 0 Å². The lowest BCUT2D eigenvalue weighted by Gasteiger charge is -2.34. The van der Waals surface area contributed by atoms with Crippen LogP contribution in [0.5, 0.6) is 0 Å². The van der Waals surface area contributed by atoms with Crippen LogP contribution in [0.2, 0.25) is 0 Å². The Morgan fingerprint density at radius 3 is 2.80 bits per heavy atom. The Hall–Kier alpha value is -1.80. The first-order valence-corrected chi connectivity index (χ1v) is 7.23. The minimum Gasteiger partial charge on any atom is -0.388 e. The molecule has 0 saturated heterocycles. The van der Waals surface area contributed by atoms with E-state index in [9.17, 15) is 5.11 Å². The van der Waals surface area contributed by atoms with Crippen molar-refractivity contribution in [1.82, 2.24) is 0 Å². The summed E-state index contributed by atoms with van der Waals surface area (Å²) in [6.07, 6.45) is 0.489. The monoisotopic (exact) mass is 267 g/mol. The minimum atomic E-state index is -0.318. The number of para-hydroxylation sites is 1. The molecule has 0 radical (unpaired) electrons. The topological polar surface area (TPSA) is 23.5 Å². The molecule has 3 rings (SSSR count). The van der Waals surface area contributed by atoms with Crippen molar-refractivity contribution in [1.29, 1.82) is 0 Å². The molecule has 2 heteroatoms. The Labute approximate surface area is 120 Å². The van der Waals surface area contributed by atoms with Gasteiger partial charge in [0, 0.05) is 24.3 Å². The Balaban J connectivity index is 1.92. The van der Waals surface area contributed by atoms with Gasteiger partial charge in [-0.25, -0.2) is 0 Å². The molecule has 0 amide bonds. The molecule has 0 aromatic heterocycles. The summed E-state index contributed by atoms with van der Waals surface area (Å²) < 4.78 is 0. The molecule has 1 heterocycles. The molecule has 0 saturated carbocycles. The summed E-state index contributed by atoms with van der Waals surface area (Å²) in [7, 11) is 0. The van der Waals surface area contributed by atoms with Gasteiger partial charge in [0.15, 0.2) is 0 Å². The van der Waals surface area contributed by atoms with Gasteiger partial charge in [0.1, 0.15) is 0 Å². The Kier molecular flexibility index (Phi) is 3.49. The smallest absolute Gasteiger partial charge is 0.0826 e. The van der Waals surface area contributed by atoms with Crippen molar-refractivity contribution in [3.8, 4) is 0 Å². The summed E-state index contributed by atoms with van der Waals surface area (Å²) in [5.74, 6) is 0. The van der Waals surface area contributed by atoms with Gasteiger partial charge in [-0.2, -0.15) is 0 Å². The molecule has 104 valence electrons. The Morgan fingerprint density at radius 1 is 1.15 bits per heavy atom. The zero-order valence-electron chi connectivity index (χ0n) is 12.1. The average molecular weight is 267 g/mol. The fourth-order valence-electron chi connectivity index (χ4n) is 2.95. The van der Waals surface area contributed by atoms with Gasteiger partial charge < -0.3 is 10.0 Å². The fourth-order valence-corrected chi connectivity index (χ4v) is 2.95.